The van der Waals surface area contributed by atoms with Gasteiger partial charge in [0.25, 0.3) is 0 Å². The Hall–Kier alpha value is -1.49. The number of allylic oxidation sites excluding steroid dienone is 1. The van der Waals surface area contributed by atoms with E-state index in [0.29, 0.717) is 6.61 Å². The first kappa shape index (κ1) is 21.2. The third kappa shape index (κ3) is 6.00. The van der Waals surface area contributed by atoms with Crippen LogP contribution in [0, 0.1) is 0 Å². The van der Waals surface area contributed by atoms with Crippen molar-refractivity contribution in [2.24, 2.45) is 0 Å². The molecule has 0 atom stereocenters. The predicted molar refractivity (Wildman–Crippen MR) is 119 cm³/mol. The van der Waals surface area contributed by atoms with Gasteiger partial charge in [-0.15, -0.1) is 0 Å². The maximum atomic E-state index is 6.16. The van der Waals surface area contributed by atoms with E-state index in [1.54, 1.807) is 12.7 Å². The second-order valence-corrected chi connectivity index (χ2v) is 8.30. The van der Waals surface area contributed by atoms with E-state index in [1.165, 1.54) is 25.7 Å². The minimum Gasteiger partial charge on any atom is -0.493 e. The Balaban J connectivity index is 1.64. The van der Waals surface area contributed by atoms with E-state index >= 15 is 0 Å². The molecule has 2 aromatic rings. The maximum absolute atomic E-state index is 6.16. The van der Waals surface area contributed by atoms with E-state index in [-0.39, 0.29) is 0 Å². The summed E-state index contributed by atoms with van der Waals surface area (Å²) in [5.41, 5.74) is 3.73. The number of hydrogen-bond acceptors (Lipinski definition) is 3. The lowest BCUT2D eigenvalue weighted by molar-refractivity contribution is 0.280. The summed E-state index contributed by atoms with van der Waals surface area (Å²) in [6.07, 6.45) is 8.67. The second kappa shape index (κ2) is 10.9. The van der Waals surface area contributed by atoms with Gasteiger partial charge in [0, 0.05) is 21.6 Å². The third-order valence-corrected chi connectivity index (χ3v) is 5.99. The molecule has 0 radical (unpaired) electrons. The van der Waals surface area contributed by atoms with Crippen molar-refractivity contribution in [2.75, 3.05) is 13.7 Å². The van der Waals surface area contributed by atoms with Crippen LogP contribution in [0.4, 0.5) is 0 Å². The monoisotopic (exact) mass is 463 g/mol. The van der Waals surface area contributed by atoms with Gasteiger partial charge < -0.3 is 14.8 Å². The molecule has 2 aromatic carbocycles. The molecule has 1 N–H and O–H groups in total. The lowest BCUT2D eigenvalue weighted by atomic mass is 9.97. The minimum atomic E-state index is 0.462. The standard InChI is InChI=1S/C23H27BrClNO2/c1-27-22-12-11-21(24)20(15-26-14-13-17-5-3-2-4-6-17)23(22)28-16-18-7-9-19(25)10-8-18/h5,7-12,26H,2-4,6,13-16H2,1H3. The minimum absolute atomic E-state index is 0.462. The molecule has 3 rings (SSSR count). The number of nitrogens with one attached hydrogen (secondary N) is 1. The van der Waals surface area contributed by atoms with Crippen molar-refractivity contribution in [3.05, 3.63) is 68.7 Å². The predicted octanol–water partition coefficient (Wildman–Crippen LogP) is 6.67. The van der Waals surface area contributed by atoms with Crippen LogP contribution in [0.5, 0.6) is 11.5 Å². The molecular formula is C23H27BrClNO2. The number of benzene rings is 2. The summed E-state index contributed by atoms with van der Waals surface area (Å²) < 4.78 is 12.7. The quantitative estimate of drug-likeness (QED) is 0.332. The second-order valence-electron chi connectivity index (χ2n) is 7.01. The Morgan fingerprint density at radius 1 is 1.11 bits per heavy atom. The fraction of sp³-hybridized carbons (Fsp3) is 0.391. The van der Waals surface area contributed by atoms with E-state index in [1.807, 2.05) is 36.4 Å². The van der Waals surface area contributed by atoms with Gasteiger partial charge in [-0.05, 0) is 68.5 Å². The third-order valence-electron chi connectivity index (χ3n) is 4.99. The Morgan fingerprint density at radius 3 is 2.64 bits per heavy atom. The zero-order valence-electron chi connectivity index (χ0n) is 16.3. The van der Waals surface area contributed by atoms with Gasteiger partial charge in [-0.2, -0.15) is 0 Å². The van der Waals surface area contributed by atoms with Crippen molar-refractivity contribution in [3.63, 3.8) is 0 Å². The van der Waals surface area contributed by atoms with Crippen LogP contribution in [0.1, 0.15) is 43.2 Å². The van der Waals surface area contributed by atoms with Crippen LogP contribution in [0.3, 0.4) is 0 Å². The van der Waals surface area contributed by atoms with E-state index in [9.17, 15) is 0 Å². The summed E-state index contributed by atoms with van der Waals surface area (Å²) in [5.74, 6) is 1.51. The largest absolute Gasteiger partial charge is 0.493 e. The molecular weight excluding hydrogens is 438 g/mol. The van der Waals surface area contributed by atoms with Crippen molar-refractivity contribution in [1.82, 2.24) is 5.32 Å². The maximum Gasteiger partial charge on any atom is 0.167 e. The molecule has 28 heavy (non-hydrogen) atoms. The van der Waals surface area contributed by atoms with Crippen molar-refractivity contribution in [2.45, 2.75) is 45.3 Å². The smallest absolute Gasteiger partial charge is 0.167 e. The van der Waals surface area contributed by atoms with Crippen molar-refractivity contribution in [3.8, 4) is 11.5 Å². The summed E-state index contributed by atoms with van der Waals surface area (Å²) in [7, 11) is 1.67. The Kier molecular flexibility index (Phi) is 8.26. The van der Waals surface area contributed by atoms with Crippen molar-refractivity contribution in [1.29, 1.82) is 0 Å². The molecule has 0 spiro atoms. The van der Waals surface area contributed by atoms with Gasteiger partial charge in [0.15, 0.2) is 11.5 Å². The molecule has 5 heteroatoms. The van der Waals surface area contributed by atoms with Gasteiger partial charge in [-0.25, -0.2) is 0 Å². The molecule has 0 saturated carbocycles. The lowest BCUT2D eigenvalue weighted by Crippen LogP contribution is -2.17. The Bertz CT molecular complexity index is 805. The highest BCUT2D eigenvalue weighted by Crippen LogP contribution is 2.37. The number of methoxy groups -OCH3 is 1. The van der Waals surface area contributed by atoms with Crippen LogP contribution < -0.4 is 14.8 Å². The first-order valence-corrected chi connectivity index (χ1v) is 11.0. The first-order chi connectivity index (χ1) is 13.7. The van der Waals surface area contributed by atoms with Crippen molar-refractivity contribution >= 4 is 27.5 Å². The highest BCUT2D eigenvalue weighted by Gasteiger charge is 2.15. The zero-order valence-corrected chi connectivity index (χ0v) is 18.6. The molecule has 1 aliphatic rings. The fourth-order valence-electron chi connectivity index (χ4n) is 3.40. The average molecular weight is 465 g/mol. The molecule has 3 nitrogen and oxygen atoms in total. The van der Waals surface area contributed by atoms with Crippen molar-refractivity contribution < 1.29 is 9.47 Å². The van der Waals surface area contributed by atoms with Crippen LogP contribution in [0.2, 0.25) is 5.02 Å². The first-order valence-electron chi connectivity index (χ1n) is 9.78. The molecule has 1 aliphatic carbocycles. The van der Waals surface area contributed by atoms with Gasteiger partial charge >= 0.3 is 0 Å². The molecule has 0 unspecified atom stereocenters. The normalized spacial score (nSPS) is 13.9. The lowest BCUT2D eigenvalue weighted by Gasteiger charge is -2.18. The summed E-state index contributed by atoms with van der Waals surface area (Å²) in [6, 6.07) is 11.6. The van der Waals surface area contributed by atoms with E-state index in [2.05, 4.69) is 27.3 Å². The van der Waals surface area contributed by atoms with E-state index < -0.39 is 0 Å². The van der Waals surface area contributed by atoms with Gasteiger partial charge in [0.1, 0.15) is 6.61 Å². The SMILES string of the molecule is COc1ccc(Br)c(CNCCC2=CCCCC2)c1OCc1ccc(Cl)cc1. The van der Waals surface area contributed by atoms with E-state index in [4.69, 9.17) is 21.1 Å². The van der Waals surface area contributed by atoms with Gasteiger partial charge in [-0.1, -0.05) is 51.3 Å². The van der Waals surface area contributed by atoms with Crippen LogP contribution in [-0.4, -0.2) is 13.7 Å². The highest BCUT2D eigenvalue weighted by molar-refractivity contribution is 9.10. The summed E-state index contributed by atoms with van der Waals surface area (Å²) in [5, 5.41) is 4.29. The molecule has 0 fully saturated rings. The topological polar surface area (TPSA) is 30.5 Å². The zero-order chi connectivity index (χ0) is 19.8. The number of ether oxygens (including phenoxy) is 2. The molecule has 0 bridgehead atoms. The average Bonchev–Trinajstić information content (AvgIpc) is 2.73. The fourth-order valence-corrected chi connectivity index (χ4v) is 3.97. The molecule has 0 heterocycles. The van der Waals surface area contributed by atoms with E-state index in [0.717, 1.165) is 51.6 Å². The number of rotatable bonds is 9. The Morgan fingerprint density at radius 2 is 1.93 bits per heavy atom. The summed E-state index contributed by atoms with van der Waals surface area (Å²) in [6.45, 7) is 2.15. The summed E-state index contributed by atoms with van der Waals surface area (Å²) in [4.78, 5) is 0. The van der Waals surface area contributed by atoms with Crippen LogP contribution in [-0.2, 0) is 13.2 Å². The molecule has 0 amide bonds. The van der Waals surface area contributed by atoms with Gasteiger partial charge in [0.2, 0.25) is 0 Å². The number of halogens is 2. The summed E-state index contributed by atoms with van der Waals surface area (Å²) >= 11 is 9.64. The Labute approximate surface area is 181 Å². The van der Waals surface area contributed by atoms with Crippen LogP contribution in [0.25, 0.3) is 0 Å². The van der Waals surface area contributed by atoms with Gasteiger partial charge in [0.05, 0.1) is 7.11 Å². The molecule has 0 aromatic heterocycles. The number of hydrogen-bond donors (Lipinski definition) is 1. The molecule has 0 aliphatic heterocycles. The molecule has 0 saturated heterocycles. The van der Waals surface area contributed by atoms with Crippen LogP contribution >= 0.6 is 27.5 Å². The highest BCUT2D eigenvalue weighted by atomic mass is 79.9. The van der Waals surface area contributed by atoms with Crippen LogP contribution in [0.15, 0.2) is 52.5 Å². The molecule has 150 valence electrons. The van der Waals surface area contributed by atoms with Gasteiger partial charge in [-0.3, -0.25) is 0 Å².